The molecule has 0 unspecified atom stereocenters. The number of hydrogen-bond acceptors (Lipinski definition) is 7. The van der Waals surface area contributed by atoms with E-state index in [-0.39, 0.29) is 29.0 Å². The highest BCUT2D eigenvalue weighted by molar-refractivity contribution is 5.92. The second-order valence-corrected chi connectivity index (χ2v) is 11.6. The van der Waals surface area contributed by atoms with Gasteiger partial charge in [0.25, 0.3) is 6.33 Å². The summed E-state index contributed by atoms with van der Waals surface area (Å²) in [5.41, 5.74) is 3.53. The van der Waals surface area contributed by atoms with Gasteiger partial charge >= 0.3 is 12.3 Å². The minimum atomic E-state index is -4.75. The van der Waals surface area contributed by atoms with Gasteiger partial charge in [0.15, 0.2) is 0 Å². The third kappa shape index (κ3) is 8.48. The fourth-order valence-electron chi connectivity index (χ4n) is 5.65. The molecule has 3 aromatic rings. The van der Waals surface area contributed by atoms with Crippen LogP contribution in [0, 0.1) is 31.1 Å². The van der Waals surface area contributed by atoms with E-state index in [4.69, 9.17) is 14.3 Å². The first-order valence-electron chi connectivity index (χ1n) is 14.0. The Labute approximate surface area is 249 Å². The van der Waals surface area contributed by atoms with Gasteiger partial charge in [-0.2, -0.15) is 0 Å². The topological polar surface area (TPSA) is 88.1 Å². The number of benzene rings is 2. The molecule has 0 aliphatic heterocycles. The predicted octanol–water partition coefficient (Wildman–Crippen LogP) is 5.79. The molecule has 0 amide bonds. The molecule has 232 valence electrons. The normalized spacial score (nSPS) is 19.2. The van der Waals surface area contributed by atoms with Gasteiger partial charge < -0.3 is 19.0 Å². The number of nitrogens with zero attached hydrogens (tertiary/aromatic N) is 4. The number of aryl methyl sites for hydroxylation is 2. The van der Waals surface area contributed by atoms with Crippen LogP contribution in [0.25, 0.3) is 0 Å². The minimum Gasteiger partial charge on any atom is -0.493 e. The fourth-order valence-corrected chi connectivity index (χ4v) is 5.65. The minimum absolute atomic E-state index is 0.0580. The Balaban J connectivity index is 1.49. The maximum absolute atomic E-state index is 12.5. The first-order chi connectivity index (χ1) is 20.2. The van der Waals surface area contributed by atoms with Gasteiger partial charge in [-0.1, -0.05) is 19.0 Å². The van der Waals surface area contributed by atoms with Crippen molar-refractivity contribution in [1.82, 2.24) is 9.78 Å². The van der Waals surface area contributed by atoms with E-state index in [0.29, 0.717) is 31.2 Å². The van der Waals surface area contributed by atoms with Gasteiger partial charge in [0.2, 0.25) is 6.33 Å². The van der Waals surface area contributed by atoms with Crippen molar-refractivity contribution in [3.63, 3.8) is 0 Å². The van der Waals surface area contributed by atoms with Crippen molar-refractivity contribution in [2.45, 2.75) is 66.9 Å². The van der Waals surface area contributed by atoms with E-state index in [1.54, 1.807) is 6.33 Å². The van der Waals surface area contributed by atoms with Crippen LogP contribution in [-0.4, -0.2) is 41.5 Å². The molecule has 1 heterocycles. The SMILES string of the molecule is CON=C1[C@@H](Cn2c[n+](Cc3cc(C)c(OC(C)=O)c(C)c3)cn2)[C@H](COc2ccc(OC(F)(F)F)cc2)CCC1(C)C. The molecule has 0 N–H and O–H groups in total. The molecular formula is C31H38F3N4O5+. The molecular weight excluding hydrogens is 565 g/mol. The number of carbonyl (C=O) groups excluding carboxylic acids is 1. The Morgan fingerprint density at radius 3 is 2.40 bits per heavy atom. The van der Waals surface area contributed by atoms with Crippen molar-refractivity contribution >= 4 is 11.7 Å². The van der Waals surface area contributed by atoms with Crippen molar-refractivity contribution in [3.05, 3.63) is 65.7 Å². The quantitative estimate of drug-likeness (QED) is 0.126. The molecule has 1 aromatic heterocycles. The molecule has 9 nitrogen and oxygen atoms in total. The fraction of sp³-hybridized carbons (Fsp3) is 0.484. The number of aromatic nitrogens is 3. The number of ether oxygens (including phenoxy) is 3. The molecule has 0 radical (unpaired) electrons. The lowest BCUT2D eigenvalue weighted by atomic mass is 9.65. The highest BCUT2D eigenvalue weighted by atomic mass is 19.4. The smallest absolute Gasteiger partial charge is 0.493 e. The zero-order chi connectivity index (χ0) is 31.4. The van der Waals surface area contributed by atoms with Crippen LogP contribution in [0.15, 0.2) is 54.2 Å². The summed E-state index contributed by atoms with van der Waals surface area (Å²) in [7, 11) is 1.53. The van der Waals surface area contributed by atoms with Crippen LogP contribution < -0.4 is 18.8 Å². The van der Waals surface area contributed by atoms with Crippen LogP contribution in [0.4, 0.5) is 13.2 Å². The maximum Gasteiger partial charge on any atom is 0.573 e. The Kier molecular flexibility index (Phi) is 9.66. The molecule has 1 fully saturated rings. The van der Waals surface area contributed by atoms with Crippen molar-refractivity contribution in [2.75, 3.05) is 13.7 Å². The highest BCUT2D eigenvalue weighted by Crippen LogP contribution is 2.41. The third-order valence-electron chi connectivity index (χ3n) is 7.61. The second kappa shape index (κ2) is 13.0. The van der Waals surface area contributed by atoms with Crippen molar-refractivity contribution in [2.24, 2.45) is 22.4 Å². The lowest BCUT2D eigenvalue weighted by molar-refractivity contribution is -0.689. The van der Waals surface area contributed by atoms with Gasteiger partial charge in [-0.25, -0.2) is 4.57 Å². The largest absolute Gasteiger partial charge is 0.573 e. The summed E-state index contributed by atoms with van der Waals surface area (Å²) in [4.78, 5) is 16.7. The molecule has 1 saturated carbocycles. The number of rotatable bonds is 10. The van der Waals surface area contributed by atoms with Gasteiger partial charge in [0, 0.05) is 29.3 Å². The predicted molar refractivity (Wildman–Crippen MR) is 152 cm³/mol. The Morgan fingerprint density at radius 1 is 1.14 bits per heavy atom. The van der Waals surface area contributed by atoms with Crippen LogP contribution in [0.3, 0.4) is 0 Å². The van der Waals surface area contributed by atoms with Gasteiger partial charge in [0.1, 0.15) is 30.9 Å². The van der Waals surface area contributed by atoms with E-state index < -0.39 is 6.36 Å². The van der Waals surface area contributed by atoms with E-state index in [1.165, 1.54) is 38.3 Å². The van der Waals surface area contributed by atoms with Crippen LogP contribution >= 0.6 is 0 Å². The number of halogens is 3. The molecule has 2 aromatic carbocycles. The number of hydrogen-bond donors (Lipinski definition) is 0. The number of esters is 1. The number of carbonyl (C=O) groups is 1. The molecule has 0 saturated heterocycles. The van der Waals surface area contributed by atoms with E-state index in [0.717, 1.165) is 35.2 Å². The lowest BCUT2D eigenvalue weighted by Crippen LogP contribution is -2.44. The average molecular weight is 604 g/mol. The van der Waals surface area contributed by atoms with Gasteiger partial charge in [-0.15, -0.1) is 17.9 Å². The summed E-state index contributed by atoms with van der Waals surface area (Å²) < 4.78 is 56.7. The van der Waals surface area contributed by atoms with Gasteiger partial charge in [0.05, 0.1) is 18.9 Å². The standard InChI is InChI=1S/C31H38F3N4O5/c1-20-13-23(14-21(2)28(20)42-22(3)39)15-37-18-35-38(19-37)16-27-24(11-12-30(4,5)29(27)36-40-6)17-41-25-7-9-26(10-8-25)43-31(32,33)34/h7-10,13-14,18-19,24,27H,11-12,15-17H2,1-6H3/q+1/t24-,27-/m0/s1. The molecule has 4 rings (SSSR count). The zero-order valence-electron chi connectivity index (χ0n) is 25.3. The van der Waals surface area contributed by atoms with Crippen molar-refractivity contribution in [1.29, 1.82) is 0 Å². The molecule has 1 aliphatic carbocycles. The van der Waals surface area contributed by atoms with E-state index in [1.807, 2.05) is 41.6 Å². The molecule has 12 heteroatoms. The first kappa shape index (κ1) is 31.8. The average Bonchev–Trinajstić information content (AvgIpc) is 3.34. The Morgan fingerprint density at radius 2 is 1.79 bits per heavy atom. The first-order valence-corrected chi connectivity index (χ1v) is 14.0. The lowest BCUT2D eigenvalue weighted by Gasteiger charge is -2.40. The molecule has 2 atom stereocenters. The molecule has 0 spiro atoms. The molecule has 0 bridgehead atoms. The van der Waals surface area contributed by atoms with Gasteiger partial charge in [-0.3, -0.25) is 4.79 Å². The van der Waals surface area contributed by atoms with Gasteiger partial charge in [-0.05, 0) is 79.8 Å². The van der Waals surface area contributed by atoms with Crippen molar-refractivity contribution < 1.29 is 41.6 Å². The van der Waals surface area contributed by atoms with E-state index in [9.17, 15) is 18.0 Å². The zero-order valence-corrected chi connectivity index (χ0v) is 25.3. The second-order valence-electron chi connectivity index (χ2n) is 11.6. The summed E-state index contributed by atoms with van der Waals surface area (Å²) in [5.74, 6) is 0.381. The van der Waals surface area contributed by atoms with Crippen LogP contribution in [0.5, 0.6) is 17.2 Å². The summed E-state index contributed by atoms with van der Waals surface area (Å²) in [5, 5.41) is 9.05. The monoisotopic (exact) mass is 603 g/mol. The van der Waals surface area contributed by atoms with Crippen molar-refractivity contribution in [3.8, 4) is 17.2 Å². The number of oxime groups is 1. The van der Waals surface area contributed by atoms with E-state index >= 15 is 0 Å². The summed E-state index contributed by atoms with van der Waals surface area (Å²) in [6, 6.07) is 9.39. The Hall–Kier alpha value is -4.09. The summed E-state index contributed by atoms with van der Waals surface area (Å²) >= 11 is 0. The molecule has 43 heavy (non-hydrogen) atoms. The highest BCUT2D eigenvalue weighted by Gasteiger charge is 2.43. The number of alkyl halides is 3. The Bertz CT molecular complexity index is 1430. The third-order valence-corrected chi connectivity index (χ3v) is 7.61. The summed E-state index contributed by atoms with van der Waals surface area (Å²) in [6.45, 7) is 11.0. The van der Waals surface area contributed by atoms with Crippen LogP contribution in [-0.2, 0) is 22.7 Å². The molecule has 1 aliphatic rings. The van der Waals surface area contributed by atoms with Crippen LogP contribution in [0.2, 0.25) is 0 Å². The van der Waals surface area contributed by atoms with Crippen LogP contribution in [0.1, 0.15) is 50.3 Å². The van der Waals surface area contributed by atoms with E-state index in [2.05, 4.69) is 28.8 Å². The summed E-state index contributed by atoms with van der Waals surface area (Å²) in [6.07, 6.45) is 0.694. The maximum atomic E-state index is 12.5.